The molecular weight excluding hydrogens is 378 g/mol. The molecule has 0 bridgehead atoms. The summed E-state index contributed by atoms with van der Waals surface area (Å²) in [6.45, 7) is 5.77. The van der Waals surface area contributed by atoms with E-state index >= 15 is 0 Å². The average Bonchev–Trinajstić information content (AvgIpc) is 2.66. The molecule has 0 fully saturated rings. The molecule has 0 aliphatic rings. The van der Waals surface area contributed by atoms with Crippen molar-refractivity contribution in [3.8, 4) is 5.75 Å². The molecule has 2 aromatic carbocycles. The van der Waals surface area contributed by atoms with Crippen molar-refractivity contribution < 1.29 is 17.9 Å². The molecule has 7 nitrogen and oxygen atoms in total. The minimum atomic E-state index is -3.65. The van der Waals surface area contributed by atoms with Crippen LogP contribution in [0.25, 0.3) is 0 Å². The first-order valence-corrected chi connectivity index (χ1v) is 10.7. The monoisotopic (exact) mass is 403 g/mol. The number of nitrogens with zero attached hydrogens (tertiary/aromatic N) is 2. The number of carbonyl (C=O) groups excluding carboxylic acids is 1. The summed E-state index contributed by atoms with van der Waals surface area (Å²) in [5.74, 6) is 0.225. The van der Waals surface area contributed by atoms with Gasteiger partial charge >= 0.3 is 0 Å². The standard InChI is InChI=1S/C20H25N3O4S/c1-5-27-19-13-11-17(12-14-19)15(2)21-22-20(24)16(3)23(28(4,25)26)18-9-7-6-8-10-18/h6-14,16H,5H2,1-4H3,(H,22,24)/b21-15-/t16-/m1/s1. The molecule has 1 atom stereocenters. The Bertz CT molecular complexity index is 926. The zero-order valence-corrected chi connectivity index (χ0v) is 17.2. The van der Waals surface area contributed by atoms with Crippen molar-refractivity contribution in [1.82, 2.24) is 5.43 Å². The lowest BCUT2D eigenvalue weighted by atomic mass is 10.1. The van der Waals surface area contributed by atoms with Crippen LogP contribution in [0.5, 0.6) is 5.75 Å². The van der Waals surface area contributed by atoms with E-state index in [2.05, 4.69) is 10.5 Å². The van der Waals surface area contributed by atoms with Crippen LogP contribution in [0.4, 0.5) is 5.69 Å². The fraction of sp³-hybridized carbons (Fsp3) is 0.300. The lowest BCUT2D eigenvalue weighted by Gasteiger charge is -2.27. The SMILES string of the molecule is CCOc1ccc(/C(C)=N\NC(=O)[C@@H](C)N(c2ccccc2)S(C)(=O)=O)cc1. The molecule has 0 unspecified atom stereocenters. The predicted octanol–water partition coefficient (Wildman–Crippen LogP) is 2.78. The van der Waals surface area contributed by atoms with Crippen LogP contribution in [0.15, 0.2) is 59.7 Å². The molecule has 1 amide bonds. The third-order valence-corrected chi connectivity index (χ3v) is 5.26. The Labute approximate surface area is 166 Å². The van der Waals surface area contributed by atoms with Crippen LogP contribution in [0.3, 0.4) is 0 Å². The molecule has 8 heteroatoms. The topological polar surface area (TPSA) is 88.1 Å². The molecular formula is C20H25N3O4S. The number of hydrogen-bond acceptors (Lipinski definition) is 5. The first-order valence-electron chi connectivity index (χ1n) is 8.86. The first kappa shape index (κ1) is 21.4. The Balaban J connectivity index is 2.14. The molecule has 0 saturated heterocycles. The minimum Gasteiger partial charge on any atom is -0.494 e. The van der Waals surface area contributed by atoms with E-state index in [-0.39, 0.29) is 0 Å². The highest BCUT2D eigenvalue weighted by molar-refractivity contribution is 7.92. The van der Waals surface area contributed by atoms with E-state index in [1.165, 1.54) is 6.92 Å². The molecule has 0 aliphatic carbocycles. The number of sulfonamides is 1. The van der Waals surface area contributed by atoms with Crippen molar-refractivity contribution in [2.24, 2.45) is 5.10 Å². The Morgan fingerprint density at radius 2 is 1.75 bits per heavy atom. The molecule has 1 N–H and O–H groups in total. The van der Waals surface area contributed by atoms with Gasteiger partial charge in [0.15, 0.2) is 0 Å². The number of rotatable bonds is 8. The second-order valence-electron chi connectivity index (χ2n) is 6.20. The second-order valence-corrected chi connectivity index (χ2v) is 8.06. The lowest BCUT2D eigenvalue weighted by molar-refractivity contribution is -0.121. The number of ether oxygens (including phenoxy) is 1. The molecule has 0 saturated carbocycles. The number of nitrogens with one attached hydrogen (secondary N) is 1. The number of benzene rings is 2. The Hall–Kier alpha value is -2.87. The highest BCUT2D eigenvalue weighted by Crippen LogP contribution is 2.20. The van der Waals surface area contributed by atoms with E-state index in [0.717, 1.165) is 21.9 Å². The van der Waals surface area contributed by atoms with Gasteiger partial charge in [0.25, 0.3) is 5.91 Å². The summed E-state index contributed by atoms with van der Waals surface area (Å²) in [5.41, 5.74) is 4.28. The maximum atomic E-state index is 12.5. The van der Waals surface area contributed by atoms with Crippen molar-refractivity contribution in [3.63, 3.8) is 0 Å². The molecule has 0 aliphatic heterocycles. The number of anilines is 1. The molecule has 0 aromatic heterocycles. The van der Waals surface area contributed by atoms with Crippen molar-refractivity contribution in [2.75, 3.05) is 17.2 Å². The van der Waals surface area contributed by atoms with Gasteiger partial charge in [-0.25, -0.2) is 13.8 Å². The number of hydrogen-bond donors (Lipinski definition) is 1. The smallest absolute Gasteiger partial charge is 0.263 e. The van der Waals surface area contributed by atoms with Gasteiger partial charge in [0, 0.05) is 0 Å². The van der Waals surface area contributed by atoms with Gasteiger partial charge in [-0.1, -0.05) is 18.2 Å². The summed E-state index contributed by atoms with van der Waals surface area (Å²) in [7, 11) is -3.65. The van der Waals surface area contributed by atoms with Crippen LogP contribution < -0.4 is 14.5 Å². The highest BCUT2D eigenvalue weighted by Gasteiger charge is 2.28. The number of hydrazone groups is 1. The van der Waals surface area contributed by atoms with Gasteiger partial charge in [0.1, 0.15) is 11.8 Å². The molecule has 150 valence electrons. The van der Waals surface area contributed by atoms with Crippen molar-refractivity contribution in [3.05, 3.63) is 60.2 Å². The average molecular weight is 404 g/mol. The molecule has 2 aromatic rings. The van der Waals surface area contributed by atoms with Crippen LogP contribution >= 0.6 is 0 Å². The third kappa shape index (κ3) is 5.56. The van der Waals surface area contributed by atoms with Gasteiger partial charge in [-0.05, 0) is 62.7 Å². The van der Waals surface area contributed by atoms with Gasteiger partial charge in [-0.2, -0.15) is 5.10 Å². The Morgan fingerprint density at radius 3 is 2.29 bits per heavy atom. The van der Waals surface area contributed by atoms with Crippen LogP contribution in [0, 0.1) is 0 Å². The summed E-state index contributed by atoms with van der Waals surface area (Å²) in [6, 6.07) is 14.8. The van der Waals surface area contributed by atoms with Gasteiger partial charge in [0.05, 0.1) is 24.3 Å². The highest BCUT2D eigenvalue weighted by atomic mass is 32.2. The summed E-state index contributed by atoms with van der Waals surface area (Å²) >= 11 is 0. The molecule has 28 heavy (non-hydrogen) atoms. The van der Waals surface area contributed by atoms with Gasteiger partial charge in [-0.3, -0.25) is 9.10 Å². The van der Waals surface area contributed by atoms with Crippen LogP contribution in [0.1, 0.15) is 26.3 Å². The van der Waals surface area contributed by atoms with Crippen LogP contribution in [-0.2, 0) is 14.8 Å². The van der Waals surface area contributed by atoms with Crippen LogP contribution in [-0.4, -0.2) is 38.9 Å². The summed E-state index contributed by atoms with van der Waals surface area (Å²) in [4.78, 5) is 12.5. The zero-order chi connectivity index (χ0) is 20.7. The third-order valence-electron chi connectivity index (χ3n) is 4.02. The number of para-hydroxylation sites is 1. The van der Waals surface area contributed by atoms with E-state index in [0.29, 0.717) is 18.0 Å². The largest absolute Gasteiger partial charge is 0.494 e. The van der Waals surface area contributed by atoms with Crippen molar-refractivity contribution in [1.29, 1.82) is 0 Å². The predicted molar refractivity (Wildman–Crippen MR) is 111 cm³/mol. The van der Waals surface area contributed by atoms with Gasteiger partial charge in [0.2, 0.25) is 10.0 Å². The summed E-state index contributed by atoms with van der Waals surface area (Å²) in [6.07, 6.45) is 1.07. The Morgan fingerprint density at radius 1 is 1.14 bits per heavy atom. The molecule has 0 heterocycles. The van der Waals surface area contributed by atoms with Gasteiger partial charge in [-0.15, -0.1) is 0 Å². The first-order chi connectivity index (χ1) is 13.2. The quantitative estimate of drug-likeness (QED) is 0.542. The van der Waals surface area contributed by atoms with E-state index in [1.807, 2.05) is 31.2 Å². The lowest BCUT2D eigenvalue weighted by Crippen LogP contribution is -2.46. The van der Waals surface area contributed by atoms with Crippen LogP contribution in [0.2, 0.25) is 0 Å². The van der Waals surface area contributed by atoms with Crippen molar-refractivity contribution in [2.45, 2.75) is 26.8 Å². The second kappa shape index (κ2) is 9.36. The molecule has 0 radical (unpaired) electrons. The zero-order valence-electron chi connectivity index (χ0n) is 16.4. The maximum Gasteiger partial charge on any atom is 0.263 e. The minimum absolute atomic E-state index is 0.417. The van der Waals surface area contributed by atoms with E-state index in [9.17, 15) is 13.2 Å². The Kier molecular flexibility index (Phi) is 7.17. The van der Waals surface area contributed by atoms with E-state index in [4.69, 9.17) is 4.74 Å². The molecule has 2 rings (SSSR count). The fourth-order valence-electron chi connectivity index (χ4n) is 2.64. The fourth-order valence-corrected chi connectivity index (χ4v) is 3.81. The van der Waals surface area contributed by atoms with E-state index in [1.54, 1.807) is 37.3 Å². The van der Waals surface area contributed by atoms with E-state index < -0.39 is 22.0 Å². The van der Waals surface area contributed by atoms with Gasteiger partial charge < -0.3 is 4.74 Å². The summed E-state index contributed by atoms with van der Waals surface area (Å²) < 4.78 is 30.9. The molecule has 0 spiro atoms. The summed E-state index contributed by atoms with van der Waals surface area (Å²) in [5, 5.41) is 4.10. The number of amides is 1. The maximum absolute atomic E-state index is 12.5. The number of carbonyl (C=O) groups is 1. The normalized spacial score (nSPS) is 12.9. The van der Waals surface area contributed by atoms with Crippen molar-refractivity contribution >= 4 is 27.3 Å².